The Bertz CT molecular complexity index is 595. The first-order chi connectivity index (χ1) is 13.1. The van der Waals surface area contributed by atoms with Crippen LogP contribution in [-0.2, 0) is 17.9 Å². The maximum Gasteiger partial charge on any atom is 0.222 e. The smallest absolute Gasteiger partial charge is 0.222 e. The Balaban J connectivity index is 1.79. The van der Waals surface area contributed by atoms with Gasteiger partial charge in [-0.05, 0) is 32.1 Å². The molecule has 1 fully saturated rings. The lowest BCUT2D eigenvalue weighted by molar-refractivity contribution is -0.130. The van der Waals surface area contributed by atoms with Crippen LogP contribution in [0.5, 0.6) is 0 Å². The number of likely N-dealkylation sites (tertiary alicyclic amines) is 1. The quantitative estimate of drug-likeness (QED) is 0.394. The molecule has 0 radical (unpaired) electrons. The number of guanidine groups is 1. The van der Waals surface area contributed by atoms with E-state index < -0.39 is 0 Å². The van der Waals surface area contributed by atoms with Crippen molar-refractivity contribution in [3.8, 4) is 0 Å². The van der Waals surface area contributed by atoms with Gasteiger partial charge in [-0.15, -0.1) is 0 Å². The van der Waals surface area contributed by atoms with E-state index in [-0.39, 0.29) is 0 Å². The molecule has 0 spiro atoms. The molecule has 1 aromatic heterocycles. The zero-order chi connectivity index (χ0) is 19.5. The van der Waals surface area contributed by atoms with Crippen molar-refractivity contribution in [3.63, 3.8) is 0 Å². The van der Waals surface area contributed by atoms with Gasteiger partial charge in [0.25, 0.3) is 0 Å². The summed E-state index contributed by atoms with van der Waals surface area (Å²) in [6.45, 7) is 11.3. The van der Waals surface area contributed by atoms with Gasteiger partial charge in [0.2, 0.25) is 5.91 Å². The third kappa shape index (κ3) is 7.61. The minimum atomic E-state index is 0.310. The largest absolute Gasteiger partial charge is 0.357 e. The van der Waals surface area contributed by atoms with Crippen molar-refractivity contribution >= 4 is 11.9 Å². The molecule has 1 aromatic rings. The summed E-state index contributed by atoms with van der Waals surface area (Å²) in [5, 5.41) is 6.66. The van der Waals surface area contributed by atoms with Crippen LogP contribution in [0.25, 0.3) is 0 Å². The fourth-order valence-electron chi connectivity index (χ4n) is 3.29. The molecular weight excluding hydrogens is 340 g/mol. The van der Waals surface area contributed by atoms with E-state index in [2.05, 4.69) is 45.9 Å². The molecule has 152 valence electrons. The summed E-state index contributed by atoms with van der Waals surface area (Å²) in [5.74, 6) is 2.68. The highest BCUT2D eigenvalue weighted by atomic mass is 16.2. The van der Waals surface area contributed by atoms with Crippen LogP contribution in [0.2, 0.25) is 0 Å². The molecule has 1 amide bonds. The molecule has 2 heterocycles. The van der Waals surface area contributed by atoms with E-state index in [1.807, 2.05) is 17.3 Å². The highest BCUT2D eigenvalue weighted by molar-refractivity contribution is 5.79. The average Bonchev–Trinajstić information content (AvgIpc) is 2.96. The van der Waals surface area contributed by atoms with E-state index in [0.717, 1.165) is 63.8 Å². The molecular formula is C20H36N6O. The number of hydrogen-bond acceptors (Lipinski definition) is 3. The van der Waals surface area contributed by atoms with Crippen LogP contribution < -0.4 is 10.6 Å². The Morgan fingerprint density at radius 2 is 2.15 bits per heavy atom. The molecule has 1 saturated heterocycles. The molecule has 0 aliphatic carbocycles. The Hall–Kier alpha value is -2.05. The van der Waals surface area contributed by atoms with Crippen molar-refractivity contribution in [1.82, 2.24) is 25.1 Å². The lowest BCUT2D eigenvalue weighted by atomic mass is 10.2. The van der Waals surface area contributed by atoms with Crippen molar-refractivity contribution in [3.05, 3.63) is 18.2 Å². The zero-order valence-electron chi connectivity index (χ0n) is 17.2. The van der Waals surface area contributed by atoms with Gasteiger partial charge in [0.1, 0.15) is 12.4 Å². The molecule has 7 heteroatoms. The number of amides is 1. The molecule has 0 aromatic carbocycles. The monoisotopic (exact) mass is 376 g/mol. The minimum Gasteiger partial charge on any atom is -0.357 e. The molecule has 0 unspecified atom stereocenters. The summed E-state index contributed by atoms with van der Waals surface area (Å²) in [4.78, 5) is 23.2. The second-order valence-corrected chi connectivity index (χ2v) is 7.56. The maximum atomic E-state index is 12.0. The van der Waals surface area contributed by atoms with Crippen LogP contribution >= 0.6 is 0 Å². The maximum absolute atomic E-state index is 12.0. The van der Waals surface area contributed by atoms with Crippen molar-refractivity contribution in [2.45, 2.75) is 66.0 Å². The van der Waals surface area contributed by atoms with Crippen molar-refractivity contribution in [2.24, 2.45) is 10.9 Å². The van der Waals surface area contributed by atoms with Gasteiger partial charge in [0, 0.05) is 51.5 Å². The van der Waals surface area contributed by atoms with E-state index in [4.69, 9.17) is 0 Å². The third-order valence-electron chi connectivity index (χ3n) is 4.65. The first-order valence-electron chi connectivity index (χ1n) is 10.4. The number of nitrogens with zero attached hydrogens (tertiary/aromatic N) is 4. The number of nitrogens with one attached hydrogen (secondary N) is 2. The topological polar surface area (TPSA) is 74.6 Å². The highest BCUT2D eigenvalue weighted by Gasteiger charge is 2.15. The number of carbonyl (C=O) groups is 1. The van der Waals surface area contributed by atoms with Gasteiger partial charge in [-0.1, -0.05) is 20.3 Å². The summed E-state index contributed by atoms with van der Waals surface area (Å²) in [6.07, 6.45) is 8.84. The lowest BCUT2D eigenvalue weighted by Crippen LogP contribution is -2.39. The summed E-state index contributed by atoms with van der Waals surface area (Å²) >= 11 is 0. The fourth-order valence-corrected chi connectivity index (χ4v) is 3.29. The molecule has 0 atom stereocenters. The molecule has 2 N–H and O–H groups in total. The van der Waals surface area contributed by atoms with Crippen LogP contribution in [-0.4, -0.2) is 52.5 Å². The summed E-state index contributed by atoms with van der Waals surface area (Å²) < 4.78 is 2.17. The highest BCUT2D eigenvalue weighted by Crippen LogP contribution is 2.11. The number of hydrogen-bond donors (Lipinski definition) is 2. The van der Waals surface area contributed by atoms with Gasteiger partial charge >= 0.3 is 0 Å². The zero-order valence-corrected chi connectivity index (χ0v) is 17.2. The van der Waals surface area contributed by atoms with Gasteiger partial charge in [-0.2, -0.15) is 0 Å². The molecule has 1 aliphatic rings. The van der Waals surface area contributed by atoms with Crippen LogP contribution in [0, 0.1) is 5.92 Å². The van der Waals surface area contributed by atoms with Crippen LogP contribution in [0.1, 0.15) is 58.7 Å². The van der Waals surface area contributed by atoms with Gasteiger partial charge in [-0.3, -0.25) is 4.79 Å². The number of aliphatic imine (C=N–C) groups is 1. The summed E-state index contributed by atoms with van der Waals surface area (Å²) in [5.41, 5.74) is 0. The average molecular weight is 377 g/mol. The predicted molar refractivity (Wildman–Crippen MR) is 110 cm³/mol. The van der Waals surface area contributed by atoms with E-state index in [9.17, 15) is 4.79 Å². The van der Waals surface area contributed by atoms with E-state index in [1.165, 1.54) is 6.42 Å². The first-order valence-corrected chi connectivity index (χ1v) is 10.4. The van der Waals surface area contributed by atoms with Gasteiger partial charge in [-0.25, -0.2) is 9.98 Å². The Morgan fingerprint density at radius 3 is 2.93 bits per heavy atom. The van der Waals surface area contributed by atoms with Gasteiger partial charge < -0.3 is 20.1 Å². The number of carbonyl (C=O) groups excluding carboxylic acids is 1. The summed E-state index contributed by atoms with van der Waals surface area (Å²) in [6, 6.07) is 0. The van der Waals surface area contributed by atoms with Crippen LogP contribution in [0.15, 0.2) is 17.4 Å². The molecule has 0 bridgehead atoms. The van der Waals surface area contributed by atoms with E-state index >= 15 is 0 Å². The molecule has 2 rings (SSSR count). The minimum absolute atomic E-state index is 0.310. The van der Waals surface area contributed by atoms with E-state index in [0.29, 0.717) is 24.8 Å². The first kappa shape index (κ1) is 21.3. The second kappa shape index (κ2) is 11.6. The lowest BCUT2D eigenvalue weighted by Gasteiger charge is -2.20. The van der Waals surface area contributed by atoms with Crippen molar-refractivity contribution in [1.29, 1.82) is 0 Å². The second-order valence-electron chi connectivity index (χ2n) is 7.56. The predicted octanol–water partition coefficient (Wildman–Crippen LogP) is 2.39. The SMILES string of the molecule is CCNC(=NCc1nccn1CC(C)C)NCCCN1CCCCCC1=O. The number of aromatic nitrogens is 2. The van der Waals surface area contributed by atoms with Crippen molar-refractivity contribution in [2.75, 3.05) is 26.2 Å². The third-order valence-corrected chi connectivity index (χ3v) is 4.65. The standard InChI is InChI=1S/C20H36N6O/c1-4-21-20(24-15-18-22-11-14-26(18)16-17(2)3)23-10-8-13-25-12-7-5-6-9-19(25)27/h11,14,17H,4-10,12-13,15-16H2,1-3H3,(H2,21,23,24). The Kier molecular flexibility index (Phi) is 9.15. The fraction of sp³-hybridized carbons (Fsp3) is 0.750. The van der Waals surface area contributed by atoms with Crippen LogP contribution in [0.4, 0.5) is 0 Å². The summed E-state index contributed by atoms with van der Waals surface area (Å²) in [7, 11) is 0. The van der Waals surface area contributed by atoms with E-state index in [1.54, 1.807) is 0 Å². The van der Waals surface area contributed by atoms with Gasteiger partial charge in [0.05, 0.1) is 0 Å². The van der Waals surface area contributed by atoms with Gasteiger partial charge in [0.15, 0.2) is 5.96 Å². The molecule has 1 aliphatic heterocycles. The molecule has 7 nitrogen and oxygen atoms in total. The van der Waals surface area contributed by atoms with Crippen LogP contribution in [0.3, 0.4) is 0 Å². The van der Waals surface area contributed by atoms with Crippen molar-refractivity contribution < 1.29 is 4.79 Å². The number of imidazole rings is 1. The Labute approximate surface area is 163 Å². The Morgan fingerprint density at radius 1 is 1.30 bits per heavy atom. The normalized spacial score (nSPS) is 15.9. The molecule has 27 heavy (non-hydrogen) atoms. The number of rotatable bonds is 9. The molecule has 0 saturated carbocycles.